The van der Waals surface area contributed by atoms with E-state index in [4.69, 9.17) is 0 Å². The normalized spacial score (nSPS) is 10.9. The second kappa shape index (κ2) is 9.30. The third kappa shape index (κ3) is 5.19. The molecular weight excluding hydrogens is 388 g/mol. The van der Waals surface area contributed by atoms with E-state index < -0.39 is 0 Å². The van der Waals surface area contributed by atoms with Gasteiger partial charge in [0, 0.05) is 18.8 Å². The molecule has 2 heterocycles. The van der Waals surface area contributed by atoms with E-state index in [0.29, 0.717) is 18.9 Å². The molecule has 0 radical (unpaired) electrons. The van der Waals surface area contributed by atoms with Crippen LogP contribution in [-0.4, -0.2) is 26.0 Å². The van der Waals surface area contributed by atoms with Crippen LogP contribution in [0.1, 0.15) is 36.6 Å². The Balaban J connectivity index is 1.39. The van der Waals surface area contributed by atoms with Gasteiger partial charge in [-0.05, 0) is 28.7 Å². The van der Waals surface area contributed by atoms with Gasteiger partial charge in [0.05, 0.1) is 17.9 Å². The fourth-order valence-corrected chi connectivity index (χ4v) is 3.26. The number of carbonyl (C=O) groups excluding carboxylic acids is 1. The molecule has 2 aromatic heterocycles. The van der Waals surface area contributed by atoms with Crippen LogP contribution in [0.25, 0.3) is 11.3 Å². The molecule has 7 nitrogen and oxygen atoms in total. The van der Waals surface area contributed by atoms with E-state index in [0.717, 1.165) is 28.1 Å². The van der Waals surface area contributed by atoms with E-state index in [1.54, 1.807) is 6.20 Å². The second-order valence-corrected chi connectivity index (χ2v) is 7.73. The van der Waals surface area contributed by atoms with Crippen molar-refractivity contribution in [2.75, 3.05) is 5.32 Å². The average Bonchev–Trinajstić information content (AvgIpc) is 3.44. The molecular formula is C24H26N6O. The maximum absolute atomic E-state index is 12.5. The first kappa shape index (κ1) is 20.4. The van der Waals surface area contributed by atoms with E-state index >= 15 is 0 Å². The van der Waals surface area contributed by atoms with Crippen LogP contribution >= 0.6 is 0 Å². The minimum absolute atomic E-state index is 0.262. The molecule has 4 rings (SSSR count). The third-order valence-electron chi connectivity index (χ3n) is 5.03. The van der Waals surface area contributed by atoms with Gasteiger partial charge in [0.2, 0.25) is 0 Å². The summed E-state index contributed by atoms with van der Waals surface area (Å²) in [5, 5.41) is 17.5. The summed E-state index contributed by atoms with van der Waals surface area (Å²) >= 11 is 0. The topological polar surface area (TPSA) is 87.6 Å². The van der Waals surface area contributed by atoms with Gasteiger partial charge >= 0.3 is 6.03 Å². The van der Waals surface area contributed by atoms with Crippen LogP contribution in [0.2, 0.25) is 0 Å². The van der Waals surface area contributed by atoms with Crippen LogP contribution in [0.15, 0.2) is 72.9 Å². The summed E-state index contributed by atoms with van der Waals surface area (Å²) in [6.45, 7) is 5.20. The van der Waals surface area contributed by atoms with Crippen molar-refractivity contribution in [1.82, 2.24) is 25.3 Å². The van der Waals surface area contributed by atoms with Crippen molar-refractivity contribution in [1.29, 1.82) is 0 Å². The summed E-state index contributed by atoms with van der Waals surface area (Å²) in [6.07, 6.45) is 1.72. The van der Waals surface area contributed by atoms with Crippen molar-refractivity contribution < 1.29 is 4.79 Å². The lowest BCUT2D eigenvalue weighted by Crippen LogP contribution is -2.29. The van der Waals surface area contributed by atoms with Gasteiger partial charge in [-0.25, -0.2) is 9.48 Å². The molecule has 0 aliphatic rings. The fourth-order valence-electron chi connectivity index (χ4n) is 3.26. The summed E-state index contributed by atoms with van der Waals surface area (Å²) in [5.74, 6) is 0.952. The Morgan fingerprint density at radius 1 is 1.03 bits per heavy atom. The molecule has 7 heteroatoms. The molecule has 0 aliphatic carbocycles. The SMILES string of the molecule is CC(C)c1cc(NC(=O)NCc2ccc(-c3ccn[nH]3)cc2)n(Cc2ccccc2)n1. The van der Waals surface area contributed by atoms with Gasteiger partial charge in [-0.15, -0.1) is 0 Å². The average molecular weight is 415 g/mol. The lowest BCUT2D eigenvalue weighted by atomic mass is 10.1. The maximum atomic E-state index is 12.5. The number of hydrogen-bond donors (Lipinski definition) is 3. The first-order chi connectivity index (χ1) is 15.1. The van der Waals surface area contributed by atoms with Crippen molar-refractivity contribution >= 4 is 11.8 Å². The fraction of sp³-hybridized carbons (Fsp3) is 0.208. The van der Waals surface area contributed by atoms with Crippen LogP contribution in [0.5, 0.6) is 0 Å². The number of urea groups is 1. The van der Waals surface area contributed by atoms with Gasteiger partial charge in [0.1, 0.15) is 5.82 Å². The van der Waals surface area contributed by atoms with Crippen LogP contribution in [0.3, 0.4) is 0 Å². The summed E-state index contributed by atoms with van der Waals surface area (Å²) < 4.78 is 1.84. The zero-order chi connectivity index (χ0) is 21.6. The van der Waals surface area contributed by atoms with Crippen LogP contribution in [0.4, 0.5) is 10.6 Å². The molecule has 0 saturated carbocycles. The number of amides is 2. The lowest BCUT2D eigenvalue weighted by molar-refractivity contribution is 0.251. The minimum Gasteiger partial charge on any atom is -0.334 e. The molecule has 0 atom stereocenters. The molecule has 31 heavy (non-hydrogen) atoms. The number of nitrogens with one attached hydrogen (secondary N) is 3. The molecule has 3 N–H and O–H groups in total. The highest BCUT2D eigenvalue weighted by molar-refractivity contribution is 5.88. The van der Waals surface area contributed by atoms with Crippen LogP contribution in [-0.2, 0) is 13.1 Å². The summed E-state index contributed by atoms with van der Waals surface area (Å²) in [7, 11) is 0. The minimum atomic E-state index is -0.262. The number of rotatable bonds is 7. The summed E-state index contributed by atoms with van der Waals surface area (Å²) in [5.41, 5.74) is 5.10. The van der Waals surface area contributed by atoms with Crippen molar-refractivity contribution in [3.05, 3.63) is 89.7 Å². The van der Waals surface area contributed by atoms with Crippen molar-refractivity contribution in [3.63, 3.8) is 0 Å². The number of nitrogens with zero attached hydrogens (tertiary/aromatic N) is 3. The first-order valence-corrected chi connectivity index (χ1v) is 10.3. The number of aromatic amines is 1. The standard InChI is InChI=1S/C24H26N6O/c1-17(2)22-14-23(30(29-22)16-19-6-4-3-5-7-19)27-24(31)25-15-18-8-10-20(11-9-18)21-12-13-26-28-21/h3-14,17H,15-16H2,1-2H3,(H,26,28)(H2,25,27,31). The van der Waals surface area contributed by atoms with Gasteiger partial charge in [-0.3, -0.25) is 10.4 Å². The molecule has 0 fully saturated rings. The predicted octanol–water partition coefficient (Wildman–Crippen LogP) is 4.77. The number of benzene rings is 2. The van der Waals surface area contributed by atoms with E-state index in [2.05, 4.69) is 39.8 Å². The Hall–Kier alpha value is -3.87. The Morgan fingerprint density at radius 3 is 2.48 bits per heavy atom. The number of carbonyl (C=O) groups is 1. The van der Waals surface area contributed by atoms with Gasteiger partial charge in [-0.2, -0.15) is 10.2 Å². The van der Waals surface area contributed by atoms with Gasteiger partial charge in [0.15, 0.2) is 0 Å². The molecule has 2 amide bonds. The van der Waals surface area contributed by atoms with Gasteiger partial charge in [-0.1, -0.05) is 68.4 Å². The van der Waals surface area contributed by atoms with Crippen LogP contribution in [0, 0.1) is 0 Å². The molecule has 0 saturated heterocycles. The van der Waals surface area contributed by atoms with Crippen molar-refractivity contribution in [2.24, 2.45) is 0 Å². The zero-order valence-corrected chi connectivity index (χ0v) is 17.7. The van der Waals surface area contributed by atoms with E-state index in [9.17, 15) is 4.79 Å². The highest BCUT2D eigenvalue weighted by atomic mass is 16.2. The Kier molecular flexibility index (Phi) is 6.12. The predicted molar refractivity (Wildman–Crippen MR) is 122 cm³/mol. The third-order valence-corrected chi connectivity index (χ3v) is 5.03. The number of aromatic nitrogens is 4. The monoisotopic (exact) mass is 414 g/mol. The number of H-pyrrole nitrogens is 1. The second-order valence-electron chi connectivity index (χ2n) is 7.73. The highest BCUT2D eigenvalue weighted by Crippen LogP contribution is 2.20. The van der Waals surface area contributed by atoms with E-state index in [1.807, 2.05) is 71.4 Å². The zero-order valence-electron chi connectivity index (χ0n) is 17.7. The smallest absolute Gasteiger partial charge is 0.320 e. The number of anilines is 1. The molecule has 158 valence electrons. The largest absolute Gasteiger partial charge is 0.334 e. The molecule has 0 unspecified atom stereocenters. The van der Waals surface area contributed by atoms with Crippen molar-refractivity contribution in [3.8, 4) is 11.3 Å². The van der Waals surface area contributed by atoms with E-state index in [-0.39, 0.29) is 11.9 Å². The van der Waals surface area contributed by atoms with E-state index in [1.165, 1.54) is 0 Å². The molecule has 0 bridgehead atoms. The Bertz CT molecular complexity index is 1110. The molecule has 0 spiro atoms. The molecule has 2 aromatic carbocycles. The Labute approximate surface area is 181 Å². The maximum Gasteiger partial charge on any atom is 0.320 e. The molecule has 4 aromatic rings. The van der Waals surface area contributed by atoms with Crippen molar-refractivity contribution in [2.45, 2.75) is 32.9 Å². The summed E-state index contributed by atoms with van der Waals surface area (Å²) in [6, 6.07) is 21.7. The van der Waals surface area contributed by atoms with Gasteiger partial charge in [0.25, 0.3) is 0 Å². The Morgan fingerprint density at radius 2 is 1.81 bits per heavy atom. The lowest BCUT2D eigenvalue weighted by Gasteiger charge is -2.10. The number of hydrogen-bond acceptors (Lipinski definition) is 3. The highest BCUT2D eigenvalue weighted by Gasteiger charge is 2.13. The first-order valence-electron chi connectivity index (χ1n) is 10.3. The summed E-state index contributed by atoms with van der Waals surface area (Å²) in [4.78, 5) is 12.5. The molecule has 0 aliphatic heterocycles. The quantitative estimate of drug-likeness (QED) is 0.407. The van der Waals surface area contributed by atoms with Gasteiger partial charge < -0.3 is 5.32 Å². The van der Waals surface area contributed by atoms with Crippen LogP contribution < -0.4 is 10.6 Å².